The maximum Gasteiger partial charge on any atom is 0.255 e. The number of pyridine rings is 1. The van der Waals surface area contributed by atoms with Crippen LogP contribution in [0.25, 0.3) is 10.9 Å². The van der Waals surface area contributed by atoms with Crippen molar-refractivity contribution in [1.29, 1.82) is 0 Å². The fourth-order valence-electron chi connectivity index (χ4n) is 3.42. The summed E-state index contributed by atoms with van der Waals surface area (Å²) in [5, 5.41) is 4.41. The molecule has 0 aliphatic carbocycles. The summed E-state index contributed by atoms with van der Waals surface area (Å²) < 4.78 is 13.1. The molecule has 1 saturated heterocycles. The number of halogens is 1. The number of amides is 1. The SMILES string of the molecule is O=C(c1cnc2ccccc2c1)N1CCNC(Cc2ccc(F)cc2)C1. The van der Waals surface area contributed by atoms with Crippen molar-refractivity contribution in [3.63, 3.8) is 0 Å². The van der Waals surface area contributed by atoms with Gasteiger partial charge in [-0.05, 0) is 36.2 Å². The van der Waals surface area contributed by atoms with Gasteiger partial charge in [-0.1, -0.05) is 30.3 Å². The second-order valence-electron chi connectivity index (χ2n) is 6.65. The quantitative estimate of drug-likeness (QED) is 0.791. The summed E-state index contributed by atoms with van der Waals surface area (Å²) >= 11 is 0. The first-order chi connectivity index (χ1) is 12.7. The normalized spacial score (nSPS) is 17.4. The molecule has 132 valence electrons. The minimum atomic E-state index is -0.231. The van der Waals surface area contributed by atoms with Gasteiger partial charge in [0, 0.05) is 37.3 Å². The molecule has 1 aliphatic rings. The first-order valence-corrected chi connectivity index (χ1v) is 8.81. The summed E-state index contributed by atoms with van der Waals surface area (Å²) in [6.07, 6.45) is 2.42. The van der Waals surface area contributed by atoms with Crippen molar-refractivity contribution in [3.05, 3.63) is 77.7 Å². The standard InChI is InChI=1S/C21H20FN3O/c22-18-7-5-15(6-8-18)11-19-14-25(10-9-23-19)21(26)17-12-16-3-1-2-4-20(16)24-13-17/h1-8,12-13,19,23H,9-11,14H2. The average molecular weight is 349 g/mol. The van der Waals surface area contributed by atoms with Crippen LogP contribution in [0, 0.1) is 5.82 Å². The maximum absolute atomic E-state index is 13.1. The van der Waals surface area contributed by atoms with Gasteiger partial charge >= 0.3 is 0 Å². The number of nitrogens with zero attached hydrogens (tertiary/aromatic N) is 2. The lowest BCUT2D eigenvalue weighted by atomic mass is 10.0. The zero-order valence-corrected chi connectivity index (χ0v) is 14.4. The Labute approximate surface area is 151 Å². The van der Waals surface area contributed by atoms with Gasteiger partial charge < -0.3 is 10.2 Å². The number of hydrogen-bond acceptors (Lipinski definition) is 3. The largest absolute Gasteiger partial charge is 0.336 e. The number of nitrogens with one attached hydrogen (secondary N) is 1. The molecular formula is C21H20FN3O. The Kier molecular flexibility index (Phi) is 4.63. The van der Waals surface area contributed by atoms with Crippen molar-refractivity contribution in [2.45, 2.75) is 12.5 Å². The van der Waals surface area contributed by atoms with Gasteiger partial charge in [-0.2, -0.15) is 0 Å². The van der Waals surface area contributed by atoms with Gasteiger partial charge in [-0.3, -0.25) is 9.78 Å². The van der Waals surface area contributed by atoms with Crippen molar-refractivity contribution >= 4 is 16.8 Å². The van der Waals surface area contributed by atoms with Crippen molar-refractivity contribution in [2.24, 2.45) is 0 Å². The predicted molar refractivity (Wildman–Crippen MR) is 99.5 cm³/mol. The average Bonchev–Trinajstić information content (AvgIpc) is 2.69. The number of para-hydroxylation sites is 1. The number of piperazine rings is 1. The third kappa shape index (κ3) is 3.58. The highest BCUT2D eigenvalue weighted by Crippen LogP contribution is 2.16. The molecule has 1 aliphatic heterocycles. The van der Waals surface area contributed by atoms with Gasteiger partial charge in [-0.25, -0.2) is 4.39 Å². The summed E-state index contributed by atoms with van der Waals surface area (Å²) in [4.78, 5) is 19.2. The van der Waals surface area contributed by atoms with Crippen LogP contribution >= 0.6 is 0 Å². The summed E-state index contributed by atoms with van der Waals surface area (Å²) in [6.45, 7) is 2.05. The molecule has 0 radical (unpaired) electrons. The van der Waals surface area contributed by atoms with Crippen LogP contribution in [0.3, 0.4) is 0 Å². The smallest absolute Gasteiger partial charge is 0.255 e. The Hall–Kier alpha value is -2.79. The number of fused-ring (bicyclic) bond motifs is 1. The molecule has 0 bridgehead atoms. The first kappa shape index (κ1) is 16.7. The van der Waals surface area contributed by atoms with Crippen LogP contribution in [0.5, 0.6) is 0 Å². The molecule has 0 spiro atoms. The van der Waals surface area contributed by atoms with E-state index in [0.717, 1.165) is 29.4 Å². The molecule has 1 N–H and O–H groups in total. The highest BCUT2D eigenvalue weighted by molar-refractivity contribution is 5.97. The van der Waals surface area contributed by atoms with E-state index in [1.165, 1.54) is 12.1 Å². The second kappa shape index (κ2) is 7.22. The topological polar surface area (TPSA) is 45.2 Å². The number of rotatable bonds is 3. The molecule has 5 heteroatoms. The lowest BCUT2D eigenvalue weighted by Crippen LogP contribution is -2.53. The number of carbonyl (C=O) groups is 1. The zero-order chi connectivity index (χ0) is 17.9. The number of benzene rings is 2. The fraction of sp³-hybridized carbons (Fsp3) is 0.238. The van der Waals surface area contributed by atoms with Crippen LogP contribution in [0.15, 0.2) is 60.8 Å². The van der Waals surface area contributed by atoms with E-state index in [4.69, 9.17) is 0 Å². The lowest BCUT2D eigenvalue weighted by Gasteiger charge is -2.34. The molecule has 1 aromatic heterocycles. The Balaban J connectivity index is 1.47. The van der Waals surface area contributed by atoms with Crippen LogP contribution in [0.4, 0.5) is 4.39 Å². The van der Waals surface area contributed by atoms with E-state index < -0.39 is 0 Å². The Morgan fingerprint density at radius 3 is 2.85 bits per heavy atom. The summed E-state index contributed by atoms with van der Waals surface area (Å²) in [7, 11) is 0. The third-order valence-electron chi connectivity index (χ3n) is 4.78. The van der Waals surface area contributed by atoms with Crippen molar-refractivity contribution in [1.82, 2.24) is 15.2 Å². The molecule has 26 heavy (non-hydrogen) atoms. The van der Waals surface area contributed by atoms with E-state index in [1.54, 1.807) is 18.3 Å². The van der Waals surface area contributed by atoms with Crippen LogP contribution in [-0.2, 0) is 6.42 Å². The van der Waals surface area contributed by atoms with Gasteiger partial charge in [0.05, 0.1) is 11.1 Å². The first-order valence-electron chi connectivity index (χ1n) is 8.81. The fourth-order valence-corrected chi connectivity index (χ4v) is 3.42. The van der Waals surface area contributed by atoms with E-state index in [0.29, 0.717) is 18.7 Å². The third-order valence-corrected chi connectivity index (χ3v) is 4.78. The molecule has 1 unspecified atom stereocenters. The van der Waals surface area contributed by atoms with Gasteiger partial charge in [0.25, 0.3) is 5.91 Å². The summed E-state index contributed by atoms with van der Waals surface area (Å²) in [5.41, 5.74) is 2.57. The van der Waals surface area contributed by atoms with Gasteiger partial charge in [0.2, 0.25) is 0 Å². The highest BCUT2D eigenvalue weighted by Gasteiger charge is 2.24. The number of aromatic nitrogens is 1. The van der Waals surface area contributed by atoms with E-state index >= 15 is 0 Å². The number of carbonyl (C=O) groups excluding carboxylic acids is 1. The molecule has 2 aromatic carbocycles. The van der Waals surface area contributed by atoms with Crippen LogP contribution < -0.4 is 5.32 Å². The van der Waals surface area contributed by atoms with E-state index in [1.807, 2.05) is 35.2 Å². The Morgan fingerprint density at radius 1 is 1.19 bits per heavy atom. The molecule has 3 aromatic rings. The minimum Gasteiger partial charge on any atom is -0.336 e. The highest BCUT2D eigenvalue weighted by atomic mass is 19.1. The van der Waals surface area contributed by atoms with Crippen molar-refractivity contribution in [2.75, 3.05) is 19.6 Å². The van der Waals surface area contributed by atoms with Crippen LogP contribution in [-0.4, -0.2) is 41.5 Å². The molecular weight excluding hydrogens is 329 g/mol. The van der Waals surface area contributed by atoms with Crippen LogP contribution in [0.1, 0.15) is 15.9 Å². The molecule has 4 rings (SSSR count). The Morgan fingerprint density at radius 2 is 2.00 bits per heavy atom. The predicted octanol–water partition coefficient (Wildman–Crippen LogP) is 3.03. The molecule has 0 saturated carbocycles. The molecule has 1 fully saturated rings. The van der Waals surface area contributed by atoms with Gasteiger partial charge in [-0.15, -0.1) is 0 Å². The van der Waals surface area contributed by atoms with E-state index in [2.05, 4.69) is 10.3 Å². The zero-order valence-electron chi connectivity index (χ0n) is 14.4. The van der Waals surface area contributed by atoms with Crippen molar-refractivity contribution in [3.8, 4) is 0 Å². The van der Waals surface area contributed by atoms with Gasteiger partial charge in [0.1, 0.15) is 5.82 Å². The van der Waals surface area contributed by atoms with Gasteiger partial charge in [0.15, 0.2) is 0 Å². The molecule has 4 nitrogen and oxygen atoms in total. The van der Waals surface area contributed by atoms with Crippen LogP contribution in [0.2, 0.25) is 0 Å². The van der Waals surface area contributed by atoms with E-state index in [9.17, 15) is 9.18 Å². The van der Waals surface area contributed by atoms with Crippen molar-refractivity contribution < 1.29 is 9.18 Å². The Bertz CT molecular complexity index is 926. The number of hydrogen-bond donors (Lipinski definition) is 1. The summed E-state index contributed by atoms with van der Waals surface area (Å²) in [5.74, 6) is -0.222. The lowest BCUT2D eigenvalue weighted by molar-refractivity contribution is 0.0702. The second-order valence-corrected chi connectivity index (χ2v) is 6.65. The van der Waals surface area contributed by atoms with E-state index in [-0.39, 0.29) is 17.8 Å². The monoisotopic (exact) mass is 349 g/mol. The minimum absolute atomic E-state index is 0.00820. The molecule has 2 heterocycles. The molecule has 1 atom stereocenters. The molecule has 1 amide bonds. The maximum atomic E-state index is 13.1. The summed E-state index contributed by atoms with van der Waals surface area (Å²) in [6, 6.07) is 16.4.